The first kappa shape index (κ1) is 26.7. The van der Waals surface area contributed by atoms with Gasteiger partial charge in [0.15, 0.2) is 5.65 Å². The second kappa shape index (κ2) is 11.5. The number of piperidine rings is 1. The fraction of sp³-hybridized carbons (Fsp3) is 0.393. The summed E-state index contributed by atoms with van der Waals surface area (Å²) < 4.78 is 7.26. The number of rotatable bonds is 8. The number of nitrogens with zero attached hydrogens (tertiary/aromatic N) is 6. The van der Waals surface area contributed by atoms with E-state index in [0.717, 1.165) is 67.4 Å². The van der Waals surface area contributed by atoms with E-state index in [1.54, 1.807) is 19.2 Å². The summed E-state index contributed by atoms with van der Waals surface area (Å²) in [6.45, 7) is 8.17. The molecular formula is C28H33Cl2N7O. The van der Waals surface area contributed by atoms with Crippen molar-refractivity contribution in [2.24, 2.45) is 5.73 Å². The van der Waals surface area contributed by atoms with E-state index < -0.39 is 0 Å². The molecule has 1 saturated heterocycles. The molecule has 0 aliphatic carbocycles. The first-order chi connectivity index (χ1) is 18.4. The maximum atomic E-state index is 6.70. The lowest BCUT2D eigenvalue weighted by Crippen LogP contribution is -2.47. The Bertz CT molecular complexity index is 1390. The number of halogens is 2. The molecule has 0 atom stereocenters. The molecule has 1 fully saturated rings. The molecule has 1 aromatic carbocycles. The fourth-order valence-corrected chi connectivity index (χ4v) is 6.05. The van der Waals surface area contributed by atoms with Crippen LogP contribution in [-0.4, -0.2) is 63.8 Å². The first-order valence-corrected chi connectivity index (χ1v) is 13.6. The van der Waals surface area contributed by atoms with Crippen LogP contribution in [0.1, 0.15) is 29.8 Å². The SMILES string of the molecule is COc1cc(Cl)c(-c2c(C)nn3c(N(CCN)C4CCN(Cc5cccnc5)CC4)cc(C)nc23)c(Cl)c1. The van der Waals surface area contributed by atoms with Crippen LogP contribution >= 0.6 is 23.2 Å². The number of benzene rings is 1. The average molecular weight is 555 g/mol. The summed E-state index contributed by atoms with van der Waals surface area (Å²) >= 11 is 13.4. The number of nitrogens with two attached hydrogens (primary N) is 1. The van der Waals surface area contributed by atoms with Crippen molar-refractivity contribution in [1.29, 1.82) is 0 Å². The van der Waals surface area contributed by atoms with Gasteiger partial charge in [0, 0.05) is 68.5 Å². The standard InChI is InChI=1S/C28H33Cl2N7O/c1-18-13-25(36(12-8-31)21-6-10-35(11-7-21)17-20-5-4-9-32-16-20)37-28(33-18)26(19(2)34-37)27-23(29)14-22(38-3)15-24(27)30/h4-5,9,13-16,21H,6-8,10-12,17,31H2,1-3H3. The van der Waals surface area contributed by atoms with Crippen molar-refractivity contribution in [3.63, 3.8) is 0 Å². The van der Waals surface area contributed by atoms with Gasteiger partial charge in [0.05, 0.1) is 28.4 Å². The number of aryl methyl sites for hydroxylation is 2. The molecule has 0 unspecified atom stereocenters. The normalized spacial score (nSPS) is 14.8. The molecule has 8 nitrogen and oxygen atoms in total. The Morgan fingerprint density at radius 3 is 2.47 bits per heavy atom. The highest BCUT2D eigenvalue weighted by molar-refractivity contribution is 6.39. The van der Waals surface area contributed by atoms with Crippen LogP contribution in [0.3, 0.4) is 0 Å². The van der Waals surface area contributed by atoms with E-state index in [2.05, 4.69) is 26.9 Å². The van der Waals surface area contributed by atoms with E-state index in [1.165, 1.54) is 5.56 Å². The van der Waals surface area contributed by atoms with Crippen LogP contribution in [0.15, 0.2) is 42.7 Å². The van der Waals surface area contributed by atoms with Gasteiger partial charge in [-0.2, -0.15) is 9.61 Å². The monoisotopic (exact) mass is 553 g/mol. The molecule has 0 bridgehead atoms. The zero-order valence-electron chi connectivity index (χ0n) is 22.0. The molecule has 4 aromatic rings. The average Bonchev–Trinajstić information content (AvgIpc) is 3.23. The van der Waals surface area contributed by atoms with Crippen molar-refractivity contribution in [2.45, 2.75) is 39.3 Å². The molecule has 1 aliphatic rings. The fourth-order valence-electron chi connectivity index (χ4n) is 5.39. The topological polar surface area (TPSA) is 84.8 Å². The van der Waals surface area contributed by atoms with Crippen LogP contribution in [0.25, 0.3) is 16.8 Å². The number of pyridine rings is 1. The van der Waals surface area contributed by atoms with Gasteiger partial charge in [0.25, 0.3) is 0 Å². The highest BCUT2D eigenvalue weighted by Crippen LogP contribution is 2.42. The predicted octanol–water partition coefficient (Wildman–Crippen LogP) is 5.15. The molecular weight excluding hydrogens is 521 g/mol. The molecule has 2 N–H and O–H groups in total. The van der Waals surface area contributed by atoms with Gasteiger partial charge in [-0.15, -0.1) is 0 Å². The number of aromatic nitrogens is 4. The maximum absolute atomic E-state index is 6.70. The Morgan fingerprint density at radius 2 is 1.84 bits per heavy atom. The second-order valence-corrected chi connectivity index (χ2v) is 10.6. The van der Waals surface area contributed by atoms with Gasteiger partial charge in [0.1, 0.15) is 11.6 Å². The molecule has 38 heavy (non-hydrogen) atoms. The van der Waals surface area contributed by atoms with E-state index in [-0.39, 0.29) is 0 Å². The molecule has 200 valence electrons. The number of anilines is 1. The lowest BCUT2D eigenvalue weighted by Gasteiger charge is -2.39. The molecule has 1 aliphatic heterocycles. The Kier molecular flexibility index (Phi) is 8.04. The lowest BCUT2D eigenvalue weighted by molar-refractivity contribution is 0.201. The van der Waals surface area contributed by atoms with Crippen molar-refractivity contribution in [3.05, 3.63) is 69.7 Å². The van der Waals surface area contributed by atoms with Crippen LogP contribution in [0.2, 0.25) is 10.0 Å². The number of likely N-dealkylation sites (tertiary alicyclic amines) is 1. The molecule has 10 heteroatoms. The summed E-state index contributed by atoms with van der Waals surface area (Å²) in [5, 5.41) is 5.92. The minimum absolute atomic E-state index is 0.342. The van der Waals surface area contributed by atoms with Gasteiger partial charge in [0.2, 0.25) is 0 Å². The predicted molar refractivity (Wildman–Crippen MR) is 153 cm³/mol. The summed E-state index contributed by atoms with van der Waals surface area (Å²) in [7, 11) is 1.59. The van der Waals surface area contributed by atoms with Crippen LogP contribution in [-0.2, 0) is 6.54 Å². The first-order valence-electron chi connectivity index (χ1n) is 12.9. The quantitative estimate of drug-likeness (QED) is 0.322. The van der Waals surface area contributed by atoms with Crippen LogP contribution in [0.5, 0.6) is 5.75 Å². The van der Waals surface area contributed by atoms with E-state index in [1.807, 2.05) is 36.8 Å². The van der Waals surface area contributed by atoms with Crippen LogP contribution in [0, 0.1) is 13.8 Å². The summed E-state index contributed by atoms with van der Waals surface area (Å²) in [5.74, 6) is 1.59. The highest BCUT2D eigenvalue weighted by Gasteiger charge is 2.28. The third-order valence-corrected chi connectivity index (χ3v) is 7.76. The second-order valence-electron chi connectivity index (χ2n) is 9.77. The van der Waals surface area contributed by atoms with Crippen LogP contribution in [0.4, 0.5) is 5.82 Å². The van der Waals surface area contributed by atoms with Gasteiger partial charge < -0.3 is 15.4 Å². The van der Waals surface area contributed by atoms with Crippen molar-refractivity contribution >= 4 is 34.7 Å². The molecule has 0 amide bonds. The van der Waals surface area contributed by atoms with E-state index in [4.69, 9.17) is 43.8 Å². The van der Waals surface area contributed by atoms with Crippen molar-refractivity contribution < 1.29 is 4.74 Å². The molecule has 0 radical (unpaired) electrons. The molecule has 0 saturated carbocycles. The smallest absolute Gasteiger partial charge is 0.165 e. The Morgan fingerprint density at radius 1 is 1.11 bits per heavy atom. The maximum Gasteiger partial charge on any atom is 0.165 e. The Balaban J connectivity index is 1.49. The van der Waals surface area contributed by atoms with Gasteiger partial charge in [-0.25, -0.2) is 4.98 Å². The van der Waals surface area contributed by atoms with Gasteiger partial charge >= 0.3 is 0 Å². The third kappa shape index (κ3) is 5.31. The van der Waals surface area contributed by atoms with Crippen LogP contribution < -0.4 is 15.4 Å². The number of hydrogen-bond acceptors (Lipinski definition) is 7. The lowest BCUT2D eigenvalue weighted by atomic mass is 10.0. The van der Waals surface area contributed by atoms with E-state index in [0.29, 0.717) is 33.9 Å². The summed E-state index contributed by atoms with van der Waals surface area (Å²) in [4.78, 5) is 14.0. The third-order valence-electron chi connectivity index (χ3n) is 7.17. The Hall–Kier alpha value is -2.91. The summed E-state index contributed by atoms with van der Waals surface area (Å²) in [5.41, 5.74) is 11.3. The van der Waals surface area contributed by atoms with Gasteiger partial charge in [-0.1, -0.05) is 29.3 Å². The number of fused-ring (bicyclic) bond motifs is 1. The Labute approximate surface area is 233 Å². The molecule has 4 heterocycles. The summed E-state index contributed by atoms with van der Waals surface area (Å²) in [6, 6.07) is 10.1. The van der Waals surface area contributed by atoms with Crippen molar-refractivity contribution in [2.75, 3.05) is 38.2 Å². The van der Waals surface area contributed by atoms with Gasteiger partial charge in [-0.3, -0.25) is 9.88 Å². The minimum Gasteiger partial charge on any atom is -0.497 e. The van der Waals surface area contributed by atoms with Gasteiger partial charge in [-0.05, 0) is 50.5 Å². The number of hydrogen-bond donors (Lipinski definition) is 1. The zero-order chi connectivity index (χ0) is 26.8. The minimum atomic E-state index is 0.342. The van der Waals surface area contributed by atoms with Crippen molar-refractivity contribution in [3.8, 4) is 16.9 Å². The molecule has 5 rings (SSSR count). The molecule has 3 aromatic heterocycles. The van der Waals surface area contributed by atoms with E-state index >= 15 is 0 Å². The van der Waals surface area contributed by atoms with E-state index in [9.17, 15) is 0 Å². The summed E-state index contributed by atoms with van der Waals surface area (Å²) in [6.07, 6.45) is 5.83. The number of methoxy groups -OCH3 is 1. The molecule has 0 spiro atoms. The zero-order valence-corrected chi connectivity index (χ0v) is 23.5. The highest BCUT2D eigenvalue weighted by atomic mass is 35.5. The van der Waals surface area contributed by atoms with Crippen molar-refractivity contribution in [1.82, 2.24) is 24.5 Å². The largest absolute Gasteiger partial charge is 0.497 e. The number of ether oxygens (including phenoxy) is 1.